The fraction of sp³-hybridized carbons (Fsp3) is 0.263. The molecule has 1 aliphatic heterocycles. The SMILES string of the molecule is CC(=O)N(CCC(=O)Nc1ccc2c(c1)OCO2)c1cccc(Cl)c1C. The molecule has 0 aliphatic carbocycles. The molecule has 136 valence electrons. The van der Waals surface area contributed by atoms with Crippen LogP contribution in [0.2, 0.25) is 5.02 Å². The molecule has 2 aromatic carbocycles. The van der Waals surface area contributed by atoms with Gasteiger partial charge in [0, 0.05) is 42.4 Å². The molecule has 1 heterocycles. The van der Waals surface area contributed by atoms with Gasteiger partial charge in [-0.1, -0.05) is 17.7 Å². The van der Waals surface area contributed by atoms with Crippen LogP contribution >= 0.6 is 11.6 Å². The quantitative estimate of drug-likeness (QED) is 0.865. The molecule has 0 radical (unpaired) electrons. The summed E-state index contributed by atoms with van der Waals surface area (Å²) in [4.78, 5) is 25.9. The van der Waals surface area contributed by atoms with Crippen LogP contribution in [0.15, 0.2) is 36.4 Å². The van der Waals surface area contributed by atoms with E-state index in [-0.39, 0.29) is 31.6 Å². The van der Waals surface area contributed by atoms with Crippen LogP contribution in [0.3, 0.4) is 0 Å². The van der Waals surface area contributed by atoms with E-state index in [9.17, 15) is 9.59 Å². The van der Waals surface area contributed by atoms with Crippen LogP contribution in [0.25, 0.3) is 0 Å². The van der Waals surface area contributed by atoms with E-state index < -0.39 is 0 Å². The summed E-state index contributed by atoms with van der Waals surface area (Å²) in [6, 6.07) is 10.6. The van der Waals surface area contributed by atoms with Crippen molar-refractivity contribution < 1.29 is 19.1 Å². The number of carbonyl (C=O) groups is 2. The van der Waals surface area contributed by atoms with E-state index >= 15 is 0 Å². The average molecular weight is 375 g/mol. The lowest BCUT2D eigenvalue weighted by molar-refractivity contribution is -0.117. The molecule has 0 fully saturated rings. The van der Waals surface area contributed by atoms with Crippen LogP contribution in [0.1, 0.15) is 18.9 Å². The molecule has 0 saturated carbocycles. The summed E-state index contributed by atoms with van der Waals surface area (Å²) in [5.74, 6) is 0.908. The maximum atomic E-state index is 12.3. The standard InChI is InChI=1S/C19H19ClN2O4/c1-12-15(20)4-3-5-16(12)22(13(2)23)9-8-19(24)21-14-6-7-17-18(10-14)26-11-25-17/h3-7,10H,8-9,11H2,1-2H3,(H,21,24). The van der Waals surface area contributed by atoms with Crippen LogP contribution in [-0.4, -0.2) is 25.2 Å². The van der Waals surface area contributed by atoms with Crippen molar-refractivity contribution in [2.75, 3.05) is 23.6 Å². The summed E-state index contributed by atoms with van der Waals surface area (Å²) in [5.41, 5.74) is 2.13. The van der Waals surface area contributed by atoms with E-state index in [4.69, 9.17) is 21.1 Å². The maximum Gasteiger partial charge on any atom is 0.231 e. The molecule has 26 heavy (non-hydrogen) atoms. The first kappa shape index (κ1) is 18.1. The summed E-state index contributed by atoms with van der Waals surface area (Å²) in [6.45, 7) is 3.75. The van der Waals surface area contributed by atoms with Crippen LogP contribution in [-0.2, 0) is 9.59 Å². The normalized spacial score (nSPS) is 12.0. The monoisotopic (exact) mass is 374 g/mol. The van der Waals surface area contributed by atoms with E-state index in [1.54, 1.807) is 35.2 Å². The Hall–Kier alpha value is -2.73. The average Bonchev–Trinajstić information content (AvgIpc) is 3.06. The molecule has 1 aliphatic rings. The van der Waals surface area contributed by atoms with E-state index in [0.717, 1.165) is 5.56 Å². The van der Waals surface area contributed by atoms with Crippen molar-refractivity contribution in [2.45, 2.75) is 20.3 Å². The first-order chi connectivity index (χ1) is 12.5. The molecular weight excluding hydrogens is 356 g/mol. The molecule has 1 N–H and O–H groups in total. The first-order valence-corrected chi connectivity index (χ1v) is 8.56. The number of hydrogen-bond donors (Lipinski definition) is 1. The van der Waals surface area contributed by atoms with Crippen molar-refractivity contribution in [3.8, 4) is 11.5 Å². The van der Waals surface area contributed by atoms with Gasteiger partial charge >= 0.3 is 0 Å². The van der Waals surface area contributed by atoms with Gasteiger partial charge in [0.25, 0.3) is 0 Å². The number of carbonyl (C=O) groups excluding carboxylic acids is 2. The highest BCUT2D eigenvalue weighted by Crippen LogP contribution is 2.34. The van der Waals surface area contributed by atoms with Gasteiger partial charge < -0.3 is 19.7 Å². The van der Waals surface area contributed by atoms with Gasteiger partial charge in [0.2, 0.25) is 18.6 Å². The Labute approximate surface area is 156 Å². The number of fused-ring (bicyclic) bond motifs is 1. The Kier molecular flexibility index (Phi) is 5.32. The number of halogens is 1. The fourth-order valence-electron chi connectivity index (χ4n) is 2.75. The number of hydrogen-bond acceptors (Lipinski definition) is 4. The molecule has 2 amide bonds. The Morgan fingerprint density at radius 2 is 1.96 bits per heavy atom. The topological polar surface area (TPSA) is 67.9 Å². The zero-order valence-corrected chi connectivity index (χ0v) is 15.3. The van der Waals surface area contributed by atoms with Crippen molar-refractivity contribution in [2.24, 2.45) is 0 Å². The van der Waals surface area contributed by atoms with Crippen LogP contribution < -0.4 is 19.7 Å². The number of amides is 2. The summed E-state index contributed by atoms with van der Waals surface area (Å²) < 4.78 is 10.5. The van der Waals surface area contributed by atoms with Gasteiger partial charge in [0.05, 0.1) is 0 Å². The third-order valence-electron chi connectivity index (χ3n) is 4.13. The van der Waals surface area contributed by atoms with Gasteiger partial charge in [0.1, 0.15) is 0 Å². The fourth-order valence-corrected chi connectivity index (χ4v) is 2.92. The minimum atomic E-state index is -0.199. The van der Waals surface area contributed by atoms with Gasteiger partial charge in [-0.25, -0.2) is 0 Å². The Bertz CT molecular complexity index is 853. The van der Waals surface area contributed by atoms with Gasteiger partial charge in [-0.2, -0.15) is 0 Å². The zero-order chi connectivity index (χ0) is 18.7. The van der Waals surface area contributed by atoms with Crippen LogP contribution in [0.5, 0.6) is 11.5 Å². The number of nitrogens with zero attached hydrogens (tertiary/aromatic N) is 1. The van der Waals surface area contributed by atoms with Crippen molar-refractivity contribution in [1.29, 1.82) is 0 Å². The summed E-state index contributed by atoms with van der Waals surface area (Å²) in [6.07, 6.45) is 0.153. The molecule has 0 atom stereocenters. The predicted molar refractivity (Wildman–Crippen MR) is 100 cm³/mol. The largest absolute Gasteiger partial charge is 0.454 e. The van der Waals surface area contributed by atoms with Gasteiger partial charge in [0.15, 0.2) is 11.5 Å². The second kappa shape index (κ2) is 7.66. The third-order valence-corrected chi connectivity index (χ3v) is 4.54. The second-order valence-corrected chi connectivity index (χ2v) is 6.33. The minimum Gasteiger partial charge on any atom is -0.454 e. The number of anilines is 2. The molecule has 0 unspecified atom stereocenters. The highest BCUT2D eigenvalue weighted by molar-refractivity contribution is 6.31. The number of ether oxygens (including phenoxy) is 2. The smallest absolute Gasteiger partial charge is 0.231 e. The Morgan fingerprint density at radius 3 is 2.73 bits per heavy atom. The molecule has 0 aromatic heterocycles. The third kappa shape index (κ3) is 3.91. The van der Waals surface area contributed by atoms with Gasteiger partial charge in [-0.3, -0.25) is 9.59 Å². The second-order valence-electron chi connectivity index (χ2n) is 5.92. The maximum absolute atomic E-state index is 12.3. The number of benzene rings is 2. The van der Waals surface area contributed by atoms with Gasteiger partial charge in [-0.05, 0) is 36.8 Å². The lowest BCUT2D eigenvalue weighted by Crippen LogP contribution is -2.32. The Morgan fingerprint density at radius 1 is 1.19 bits per heavy atom. The van der Waals surface area contributed by atoms with E-state index in [1.165, 1.54) is 6.92 Å². The molecule has 2 aromatic rings. The highest BCUT2D eigenvalue weighted by atomic mass is 35.5. The van der Waals surface area contributed by atoms with Crippen molar-refractivity contribution in [3.63, 3.8) is 0 Å². The van der Waals surface area contributed by atoms with E-state index in [2.05, 4.69) is 5.32 Å². The highest BCUT2D eigenvalue weighted by Gasteiger charge is 2.18. The molecular formula is C19H19ClN2O4. The van der Waals surface area contributed by atoms with Crippen molar-refractivity contribution >= 4 is 34.8 Å². The predicted octanol–water partition coefficient (Wildman–Crippen LogP) is 3.76. The van der Waals surface area contributed by atoms with E-state index in [0.29, 0.717) is 27.9 Å². The molecule has 6 nitrogen and oxygen atoms in total. The summed E-state index contributed by atoms with van der Waals surface area (Å²) in [5, 5.41) is 3.39. The molecule has 3 rings (SSSR count). The Balaban J connectivity index is 1.65. The van der Waals surface area contributed by atoms with Crippen LogP contribution in [0, 0.1) is 6.92 Å². The molecule has 7 heteroatoms. The minimum absolute atomic E-state index is 0.147. The summed E-state index contributed by atoms with van der Waals surface area (Å²) in [7, 11) is 0. The number of nitrogens with one attached hydrogen (secondary N) is 1. The van der Waals surface area contributed by atoms with Crippen molar-refractivity contribution in [3.05, 3.63) is 47.0 Å². The van der Waals surface area contributed by atoms with Crippen molar-refractivity contribution in [1.82, 2.24) is 0 Å². The first-order valence-electron chi connectivity index (χ1n) is 8.18. The molecule has 0 saturated heterocycles. The molecule has 0 bridgehead atoms. The zero-order valence-electron chi connectivity index (χ0n) is 14.5. The van der Waals surface area contributed by atoms with E-state index in [1.807, 2.05) is 13.0 Å². The summed E-state index contributed by atoms with van der Waals surface area (Å²) >= 11 is 6.14. The number of rotatable bonds is 5. The van der Waals surface area contributed by atoms with Gasteiger partial charge in [-0.15, -0.1) is 0 Å². The lowest BCUT2D eigenvalue weighted by Gasteiger charge is -2.23. The molecule has 0 spiro atoms. The van der Waals surface area contributed by atoms with Crippen LogP contribution in [0.4, 0.5) is 11.4 Å². The lowest BCUT2D eigenvalue weighted by atomic mass is 10.1.